The summed E-state index contributed by atoms with van der Waals surface area (Å²) in [7, 11) is -6.00. The fourth-order valence-electron chi connectivity index (χ4n) is 0.714. The first-order chi connectivity index (χ1) is 7.59. The van der Waals surface area contributed by atoms with Crippen molar-refractivity contribution in [2.24, 2.45) is 0 Å². The van der Waals surface area contributed by atoms with E-state index in [2.05, 4.69) is 0 Å². The second-order valence-electron chi connectivity index (χ2n) is 2.63. The number of rotatable bonds is 2. The van der Waals surface area contributed by atoms with Gasteiger partial charge in [0.1, 0.15) is 6.54 Å². The summed E-state index contributed by atoms with van der Waals surface area (Å²) in [6.45, 7) is -0.449. The van der Waals surface area contributed by atoms with Crippen LogP contribution in [0.5, 0.6) is 0 Å². The zero-order chi connectivity index (χ0) is 13.6. The van der Waals surface area contributed by atoms with Crippen molar-refractivity contribution in [1.82, 2.24) is 9.55 Å². The summed E-state index contributed by atoms with van der Waals surface area (Å²) in [5.74, 6) is -1.14. The molecule has 17 heavy (non-hydrogen) atoms. The SMILES string of the molecule is F[B-](F)(F)F.O=C(O)Cn1ccc(=O)[nH]c1=O. The van der Waals surface area contributed by atoms with E-state index in [0.717, 1.165) is 16.8 Å². The minimum Gasteiger partial charge on any atom is -0.480 e. The maximum Gasteiger partial charge on any atom is 0.673 e. The summed E-state index contributed by atoms with van der Waals surface area (Å²) in [6.07, 6.45) is 1.13. The number of aromatic amines is 1. The third-order valence-electron chi connectivity index (χ3n) is 1.20. The maximum absolute atomic E-state index is 10.8. The van der Waals surface area contributed by atoms with Gasteiger partial charge in [0, 0.05) is 12.3 Å². The van der Waals surface area contributed by atoms with E-state index in [1.54, 1.807) is 0 Å². The smallest absolute Gasteiger partial charge is 0.480 e. The van der Waals surface area contributed by atoms with Crippen molar-refractivity contribution >= 4 is 13.2 Å². The van der Waals surface area contributed by atoms with Gasteiger partial charge in [0.25, 0.3) is 5.56 Å². The number of nitrogens with one attached hydrogen (secondary N) is 1. The summed E-state index contributed by atoms with van der Waals surface area (Å²) in [4.78, 5) is 33.4. The number of aromatic nitrogens is 2. The van der Waals surface area contributed by atoms with E-state index in [9.17, 15) is 31.6 Å². The Kier molecular flexibility index (Phi) is 5.15. The first-order valence-electron chi connectivity index (χ1n) is 3.98. The van der Waals surface area contributed by atoms with Gasteiger partial charge in [-0.1, -0.05) is 0 Å². The highest BCUT2D eigenvalue weighted by molar-refractivity contribution is 6.50. The fraction of sp³-hybridized carbons (Fsp3) is 0.167. The van der Waals surface area contributed by atoms with E-state index in [-0.39, 0.29) is 0 Å². The number of carbonyl (C=O) groups is 1. The Morgan fingerprint density at radius 3 is 2.18 bits per heavy atom. The topological polar surface area (TPSA) is 92.2 Å². The summed E-state index contributed by atoms with van der Waals surface area (Å²) < 4.78 is 39.9. The highest BCUT2D eigenvalue weighted by atomic mass is 19.5. The summed E-state index contributed by atoms with van der Waals surface area (Å²) >= 11 is 0. The predicted octanol–water partition coefficient (Wildman–Crippen LogP) is -0.0788. The Morgan fingerprint density at radius 2 is 1.82 bits per heavy atom. The van der Waals surface area contributed by atoms with Crippen LogP contribution in [0.4, 0.5) is 17.3 Å². The van der Waals surface area contributed by atoms with Crippen LogP contribution in [-0.2, 0) is 11.3 Å². The number of H-pyrrole nitrogens is 1. The number of hydrogen-bond donors (Lipinski definition) is 2. The van der Waals surface area contributed by atoms with Crippen LogP contribution < -0.4 is 11.2 Å². The van der Waals surface area contributed by atoms with Crippen LogP contribution in [0, 0.1) is 0 Å². The highest BCUT2D eigenvalue weighted by Gasteiger charge is 2.20. The van der Waals surface area contributed by atoms with Gasteiger partial charge in [0.2, 0.25) is 0 Å². The number of nitrogens with zero attached hydrogens (tertiary/aromatic N) is 1. The molecule has 0 saturated carbocycles. The van der Waals surface area contributed by atoms with Crippen molar-refractivity contribution in [2.75, 3.05) is 0 Å². The monoisotopic (exact) mass is 257 g/mol. The molecule has 1 rings (SSSR count). The molecule has 96 valence electrons. The van der Waals surface area contributed by atoms with Gasteiger partial charge in [0.15, 0.2) is 0 Å². The van der Waals surface area contributed by atoms with Crippen LogP contribution in [0.2, 0.25) is 0 Å². The molecule has 0 aliphatic carbocycles. The van der Waals surface area contributed by atoms with Gasteiger partial charge in [-0.05, 0) is 0 Å². The zero-order valence-electron chi connectivity index (χ0n) is 8.07. The molecule has 1 aromatic rings. The molecule has 0 amide bonds. The lowest BCUT2D eigenvalue weighted by Crippen LogP contribution is -2.30. The molecular weight excluding hydrogens is 251 g/mol. The third-order valence-corrected chi connectivity index (χ3v) is 1.20. The van der Waals surface area contributed by atoms with Crippen LogP contribution >= 0.6 is 0 Å². The van der Waals surface area contributed by atoms with Crippen molar-refractivity contribution in [2.45, 2.75) is 6.54 Å². The molecule has 0 aromatic carbocycles. The molecule has 1 aromatic heterocycles. The van der Waals surface area contributed by atoms with E-state index >= 15 is 0 Å². The number of carboxylic acid groups (broad SMARTS) is 1. The van der Waals surface area contributed by atoms with Crippen molar-refractivity contribution in [1.29, 1.82) is 0 Å². The van der Waals surface area contributed by atoms with E-state index < -0.39 is 31.0 Å². The largest absolute Gasteiger partial charge is 0.673 e. The summed E-state index contributed by atoms with van der Waals surface area (Å²) in [6, 6.07) is 1.09. The van der Waals surface area contributed by atoms with Gasteiger partial charge in [-0.3, -0.25) is 19.1 Å². The molecule has 0 fully saturated rings. The number of hydrogen-bond acceptors (Lipinski definition) is 3. The second-order valence-corrected chi connectivity index (χ2v) is 2.63. The van der Waals surface area contributed by atoms with Crippen molar-refractivity contribution in [3.8, 4) is 0 Å². The first kappa shape index (κ1) is 14.9. The molecule has 0 unspecified atom stereocenters. The number of carboxylic acids is 1. The number of aliphatic carboxylic acids is 1. The Bertz CT molecular complexity index is 488. The van der Waals surface area contributed by atoms with E-state index in [1.807, 2.05) is 4.98 Å². The van der Waals surface area contributed by atoms with Crippen LogP contribution in [0.15, 0.2) is 21.9 Å². The molecule has 0 aliphatic rings. The van der Waals surface area contributed by atoms with Gasteiger partial charge >= 0.3 is 18.9 Å². The molecule has 0 bridgehead atoms. The molecule has 2 N–H and O–H groups in total. The van der Waals surface area contributed by atoms with Crippen LogP contribution in [0.25, 0.3) is 0 Å². The second kappa shape index (κ2) is 5.87. The Hall–Kier alpha value is -2.07. The average molecular weight is 257 g/mol. The van der Waals surface area contributed by atoms with Crippen LogP contribution in [0.3, 0.4) is 0 Å². The van der Waals surface area contributed by atoms with E-state index in [1.165, 1.54) is 0 Å². The molecule has 0 aliphatic heterocycles. The molecule has 11 heteroatoms. The fourth-order valence-corrected chi connectivity index (χ4v) is 0.714. The van der Waals surface area contributed by atoms with Crippen molar-refractivity contribution in [3.05, 3.63) is 33.1 Å². The maximum atomic E-state index is 10.8. The molecular formula is C6H6BF4N2O4-. The number of halogens is 4. The van der Waals surface area contributed by atoms with Gasteiger partial charge in [-0.15, -0.1) is 0 Å². The molecule has 1 heterocycles. The van der Waals surface area contributed by atoms with E-state index in [0.29, 0.717) is 0 Å². The lowest BCUT2D eigenvalue weighted by atomic mass is 10.3. The van der Waals surface area contributed by atoms with Crippen molar-refractivity contribution in [3.63, 3.8) is 0 Å². The van der Waals surface area contributed by atoms with Crippen LogP contribution in [-0.4, -0.2) is 27.9 Å². The molecule has 6 nitrogen and oxygen atoms in total. The van der Waals surface area contributed by atoms with Crippen LogP contribution in [0.1, 0.15) is 0 Å². The highest BCUT2D eigenvalue weighted by Crippen LogP contribution is 2.06. The Morgan fingerprint density at radius 1 is 1.35 bits per heavy atom. The third kappa shape index (κ3) is 8.90. The average Bonchev–Trinajstić information content (AvgIpc) is 2.06. The molecule has 0 radical (unpaired) electrons. The molecule has 0 spiro atoms. The van der Waals surface area contributed by atoms with Gasteiger partial charge in [-0.25, -0.2) is 4.79 Å². The van der Waals surface area contributed by atoms with Gasteiger partial charge in [-0.2, -0.15) is 0 Å². The standard InChI is InChI=1S/C6H6N2O4.BF4/c9-4-1-2-8(3-5(10)11)6(12)7-4;2-1(3,4)5/h1-2H,3H2,(H,10,11)(H,7,9,12);/q;-1. The minimum absolute atomic E-state index is 0.449. The zero-order valence-corrected chi connectivity index (χ0v) is 8.07. The summed E-state index contributed by atoms with van der Waals surface area (Å²) in [5, 5.41) is 8.31. The first-order valence-corrected chi connectivity index (χ1v) is 3.98. The summed E-state index contributed by atoms with van der Waals surface area (Å²) in [5.41, 5.74) is -1.26. The lowest BCUT2D eigenvalue weighted by Gasteiger charge is -1.97. The Balaban J connectivity index is 0.000000437. The minimum atomic E-state index is -6.00. The lowest BCUT2D eigenvalue weighted by molar-refractivity contribution is -0.137. The molecule has 0 saturated heterocycles. The predicted molar refractivity (Wildman–Crippen MR) is 49.1 cm³/mol. The molecule has 0 atom stereocenters. The van der Waals surface area contributed by atoms with E-state index in [4.69, 9.17) is 5.11 Å². The quantitative estimate of drug-likeness (QED) is 0.572. The Labute approximate surface area is 90.6 Å². The van der Waals surface area contributed by atoms with Gasteiger partial charge < -0.3 is 22.4 Å². The van der Waals surface area contributed by atoms with Gasteiger partial charge in [0.05, 0.1) is 0 Å². The van der Waals surface area contributed by atoms with Crippen molar-refractivity contribution < 1.29 is 27.2 Å². The normalized spacial score (nSPS) is 10.4.